The van der Waals surface area contributed by atoms with E-state index in [0.717, 1.165) is 30.6 Å². The van der Waals surface area contributed by atoms with Gasteiger partial charge in [-0.25, -0.2) is 4.99 Å². The molecule has 4 rings (SSSR count). The van der Waals surface area contributed by atoms with Crippen molar-refractivity contribution in [2.24, 2.45) is 4.99 Å². The lowest BCUT2D eigenvalue weighted by Gasteiger charge is -2.14. The van der Waals surface area contributed by atoms with Gasteiger partial charge < -0.3 is 19.5 Å². The summed E-state index contributed by atoms with van der Waals surface area (Å²) >= 11 is 6.96. The molecule has 6 nitrogen and oxygen atoms in total. The second kappa shape index (κ2) is 12.0. The van der Waals surface area contributed by atoms with E-state index in [0.29, 0.717) is 34.8 Å². The number of benzene rings is 3. The fourth-order valence-electron chi connectivity index (χ4n) is 3.23. The van der Waals surface area contributed by atoms with Gasteiger partial charge in [-0.1, -0.05) is 28.1 Å². The summed E-state index contributed by atoms with van der Waals surface area (Å²) in [5, 5.41) is 3.35. The number of hydrogen-bond acceptors (Lipinski definition) is 6. The lowest BCUT2D eigenvalue weighted by atomic mass is 10.2. The van der Waals surface area contributed by atoms with Crippen molar-refractivity contribution in [3.8, 4) is 17.2 Å². The molecule has 1 fully saturated rings. The van der Waals surface area contributed by atoms with Crippen molar-refractivity contribution in [2.45, 2.75) is 13.5 Å². The maximum atomic E-state index is 12.5. The number of hydrogen-bond donors (Lipinski definition) is 1. The number of nitrogens with zero attached hydrogens (tertiary/aromatic N) is 1. The van der Waals surface area contributed by atoms with Crippen LogP contribution in [0.15, 0.2) is 75.0 Å². The van der Waals surface area contributed by atoms with E-state index in [-0.39, 0.29) is 5.91 Å². The van der Waals surface area contributed by atoms with Crippen LogP contribution >= 0.6 is 50.3 Å². The van der Waals surface area contributed by atoms with Gasteiger partial charge >= 0.3 is 0 Å². The molecule has 1 aliphatic heterocycles. The number of nitrogens with one attached hydrogen (secondary N) is 1. The fourth-order valence-corrected chi connectivity index (χ4v) is 5.12. The molecule has 1 heterocycles. The summed E-state index contributed by atoms with van der Waals surface area (Å²) in [5.74, 6) is 1.86. The maximum Gasteiger partial charge on any atom is 0.264 e. The van der Waals surface area contributed by atoms with Crippen molar-refractivity contribution in [3.05, 3.63) is 84.7 Å². The van der Waals surface area contributed by atoms with Crippen molar-refractivity contribution < 1.29 is 19.0 Å². The van der Waals surface area contributed by atoms with Crippen LogP contribution in [-0.4, -0.2) is 24.8 Å². The standard InChI is InChI=1S/C26H22BrIN2O4S/c1-3-33-20-10-8-19(9-11-20)29-26-30-25(31)23(35-26)14-17-12-21(28)24(22(13-17)32-2)34-15-16-4-6-18(27)7-5-16/h4-14H,3,15H2,1-2H3,(H,29,30,31)/b23-14+. The van der Waals surface area contributed by atoms with E-state index in [9.17, 15) is 4.79 Å². The summed E-state index contributed by atoms with van der Waals surface area (Å²) in [6, 6.07) is 19.2. The van der Waals surface area contributed by atoms with Crippen LogP contribution in [0, 0.1) is 3.57 Å². The third-order valence-corrected chi connectivity index (χ3v) is 7.12. The number of ether oxygens (including phenoxy) is 3. The molecule has 0 aliphatic carbocycles. The first-order chi connectivity index (χ1) is 16.9. The summed E-state index contributed by atoms with van der Waals surface area (Å²) in [6.07, 6.45) is 1.82. The van der Waals surface area contributed by atoms with Gasteiger partial charge in [0.1, 0.15) is 12.4 Å². The highest BCUT2D eigenvalue weighted by atomic mass is 127. The Hall–Kier alpha value is -2.50. The van der Waals surface area contributed by atoms with E-state index in [1.165, 1.54) is 11.8 Å². The molecule has 9 heteroatoms. The Morgan fingerprint density at radius 2 is 1.83 bits per heavy atom. The van der Waals surface area contributed by atoms with E-state index in [2.05, 4.69) is 48.8 Å². The number of aliphatic imine (C=N–C) groups is 1. The third-order valence-electron chi connectivity index (χ3n) is 4.88. The maximum absolute atomic E-state index is 12.5. The van der Waals surface area contributed by atoms with E-state index in [1.807, 2.05) is 73.7 Å². The fraction of sp³-hybridized carbons (Fsp3) is 0.154. The number of carbonyl (C=O) groups excluding carboxylic acids is 1. The summed E-state index contributed by atoms with van der Waals surface area (Å²) < 4.78 is 19.0. The molecule has 0 aromatic heterocycles. The van der Waals surface area contributed by atoms with E-state index >= 15 is 0 Å². The van der Waals surface area contributed by atoms with Crippen LogP contribution in [0.25, 0.3) is 6.08 Å². The third kappa shape index (κ3) is 6.80. The number of amides is 1. The molecule has 1 aliphatic rings. The highest BCUT2D eigenvalue weighted by Gasteiger charge is 2.24. The Morgan fingerprint density at radius 3 is 2.51 bits per heavy atom. The minimum absolute atomic E-state index is 0.191. The molecule has 3 aromatic carbocycles. The Bertz CT molecular complexity index is 1280. The molecule has 0 atom stereocenters. The molecule has 35 heavy (non-hydrogen) atoms. The average Bonchev–Trinajstić information content (AvgIpc) is 3.18. The summed E-state index contributed by atoms with van der Waals surface area (Å²) in [4.78, 5) is 17.6. The minimum Gasteiger partial charge on any atom is -0.494 e. The first kappa shape index (κ1) is 25.6. The normalized spacial score (nSPS) is 15.4. The first-order valence-corrected chi connectivity index (χ1v) is 13.4. The van der Waals surface area contributed by atoms with Crippen LogP contribution in [-0.2, 0) is 11.4 Å². The van der Waals surface area contributed by atoms with Crippen LogP contribution in [0.4, 0.5) is 5.69 Å². The van der Waals surface area contributed by atoms with Gasteiger partial charge in [0.15, 0.2) is 16.7 Å². The Balaban J connectivity index is 1.49. The molecule has 0 spiro atoms. The van der Waals surface area contributed by atoms with Gasteiger partial charge in [0, 0.05) is 4.47 Å². The molecular weight excluding hydrogens is 643 g/mol. The first-order valence-electron chi connectivity index (χ1n) is 10.7. The van der Waals surface area contributed by atoms with Crippen molar-refractivity contribution in [1.29, 1.82) is 0 Å². The van der Waals surface area contributed by atoms with Gasteiger partial charge in [0.25, 0.3) is 5.91 Å². The van der Waals surface area contributed by atoms with Gasteiger partial charge in [-0.05, 0) is 107 Å². The smallest absolute Gasteiger partial charge is 0.264 e. The highest BCUT2D eigenvalue weighted by Crippen LogP contribution is 2.36. The van der Waals surface area contributed by atoms with Crippen LogP contribution in [0.3, 0.4) is 0 Å². The SMILES string of the molecule is CCOc1ccc(N=C2NC(=O)/C(=C\c3cc(I)c(OCc4ccc(Br)cc4)c(OC)c3)S2)cc1. The number of methoxy groups -OCH3 is 1. The molecular formula is C26H22BrIN2O4S. The van der Waals surface area contributed by atoms with Crippen LogP contribution in [0.2, 0.25) is 0 Å². The van der Waals surface area contributed by atoms with E-state index in [1.54, 1.807) is 7.11 Å². The number of halogens is 2. The number of amidine groups is 1. The van der Waals surface area contributed by atoms with E-state index in [4.69, 9.17) is 14.2 Å². The Morgan fingerprint density at radius 1 is 1.09 bits per heavy atom. The van der Waals surface area contributed by atoms with Crippen molar-refractivity contribution >= 4 is 73.1 Å². The zero-order chi connectivity index (χ0) is 24.8. The molecule has 1 N–H and O–H groups in total. The van der Waals surface area contributed by atoms with Crippen molar-refractivity contribution in [3.63, 3.8) is 0 Å². The average molecular weight is 665 g/mol. The molecule has 180 valence electrons. The predicted octanol–water partition coefficient (Wildman–Crippen LogP) is 6.93. The lowest BCUT2D eigenvalue weighted by molar-refractivity contribution is -0.115. The summed E-state index contributed by atoms with van der Waals surface area (Å²) in [6.45, 7) is 2.97. The Kier molecular flexibility index (Phi) is 8.74. The minimum atomic E-state index is -0.191. The van der Waals surface area contributed by atoms with Crippen LogP contribution < -0.4 is 19.5 Å². The van der Waals surface area contributed by atoms with Gasteiger partial charge in [0.05, 0.1) is 27.9 Å². The number of rotatable bonds is 8. The second-order valence-corrected chi connectivity index (χ2v) is 10.5. The van der Waals surface area contributed by atoms with Crippen LogP contribution in [0.1, 0.15) is 18.1 Å². The molecule has 0 unspecified atom stereocenters. The summed E-state index contributed by atoms with van der Waals surface area (Å²) in [7, 11) is 1.60. The van der Waals surface area contributed by atoms with E-state index < -0.39 is 0 Å². The number of thioether (sulfide) groups is 1. The predicted molar refractivity (Wildman–Crippen MR) is 153 cm³/mol. The Labute approximate surface area is 230 Å². The number of carbonyl (C=O) groups is 1. The quantitative estimate of drug-likeness (QED) is 0.209. The molecule has 1 amide bonds. The highest BCUT2D eigenvalue weighted by molar-refractivity contribution is 14.1. The van der Waals surface area contributed by atoms with Gasteiger partial charge in [-0.15, -0.1) is 0 Å². The molecule has 1 saturated heterocycles. The lowest BCUT2D eigenvalue weighted by Crippen LogP contribution is -2.19. The van der Waals surface area contributed by atoms with Gasteiger partial charge in [-0.3, -0.25) is 4.79 Å². The van der Waals surface area contributed by atoms with Crippen molar-refractivity contribution in [2.75, 3.05) is 13.7 Å². The largest absolute Gasteiger partial charge is 0.494 e. The monoisotopic (exact) mass is 664 g/mol. The molecule has 0 bridgehead atoms. The van der Waals surface area contributed by atoms with Crippen molar-refractivity contribution in [1.82, 2.24) is 5.32 Å². The van der Waals surface area contributed by atoms with Gasteiger partial charge in [0.2, 0.25) is 0 Å². The second-order valence-electron chi connectivity index (χ2n) is 7.36. The zero-order valence-corrected chi connectivity index (χ0v) is 23.6. The summed E-state index contributed by atoms with van der Waals surface area (Å²) in [5.41, 5.74) is 2.62. The topological polar surface area (TPSA) is 69.2 Å². The molecule has 0 saturated carbocycles. The zero-order valence-electron chi connectivity index (χ0n) is 19.0. The van der Waals surface area contributed by atoms with Crippen LogP contribution in [0.5, 0.6) is 17.2 Å². The molecule has 0 radical (unpaired) electrons. The molecule has 3 aromatic rings. The van der Waals surface area contributed by atoms with Gasteiger partial charge in [-0.2, -0.15) is 0 Å².